The quantitative estimate of drug-likeness (QED) is 0.107. The van der Waals surface area contributed by atoms with E-state index in [1.807, 2.05) is 0 Å². The number of aliphatic carboxylic acids is 1. The Morgan fingerprint density at radius 3 is 1.14 bits per heavy atom. The maximum absolute atomic E-state index is 12.6. The van der Waals surface area contributed by atoms with E-state index in [4.69, 9.17) is 9.47 Å². The zero-order chi connectivity index (χ0) is 27.1. The molecule has 0 saturated heterocycles. The second-order valence-corrected chi connectivity index (χ2v) is 11.1. The lowest BCUT2D eigenvalue weighted by atomic mass is 9.75. The zero-order valence-electron chi connectivity index (χ0n) is 24.0. The average molecular weight is 525 g/mol. The lowest BCUT2D eigenvalue weighted by molar-refractivity contribution is -0.159. The Bertz CT molecular complexity index is 561. The predicted molar refractivity (Wildman–Crippen MR) is 148 cm³/mol. The van der Waals surface area contributed by atoms with E-state index in [2.05, 4.69) is 13.8 Å². The molecule has 0 aromatic rings. The van der Waals surface area contributed by atoms with Gasteiger partial charge in [-0.05, 0) is 32.1 Å². The van der Waals surface area contributed by atoms with E-state index >= 15 is 0 Å². The van der Waals surface area contributed by atoms with Crippen molar-refractivity contribution in [3.63, 3.8) is 0 Å². The van der Waals surface area contributed by atoms with E-state index in [-0.39, 0.29) is 24.8 Å². The molecule has 216 valence electrons. The second kappa shape index (κ2) is 22.4. The summed E-state index contributed by atoms with van der Waals surface area (Å²) in [5.41, 5.74) is 0. The summed E-state index contributed by atoms with van der Waals surface area (Å²) in [5, 5.41) is 9.56. The largest absolute Gasteiger partial charge is 0.481 e. The lowest BCUT2D eigenvalue weighted by Gasteiger charge is -2.30. The summed E-state index contributed by atoms with van der Waals surface area (Å²) in [6.45, 7) is 5.19. The fraction of sp³-hybridized carbons (Fsp3) is 0.903. The number of rotatable bonds is 23. The number of hydrogen-bond acceptors (Lipinski definition) is 5. The van der Waals surface area contributed by atoms with Gasteiger partial charge >= 0.3 is 17.9 Å². The standard InChI is InChI=1S/C31H56O6/c1-3-5-7-9-11-13-15-17-19-21-36-30(34)27-23-26(29(32)33)24-28(25-27)31(35)37-22-20-18-16-14-12-10-8-6-4-2/h26-28H,3-25H2,1-2H3,(H,32,33). The third-order valence-electron chi connectivity index (χ3n) is 7.71. The molecule has 1 fully saturated rings. The van der Waals surface area contributed by atoms with Gasteiger partial charge in [0.25, 0.3) is 0 Å². The molecule has 0 aromatic carbocycles. The van der Waals surface area contributed by atoms with E-state index in [1.54, 1.807) is 0 Å². The molecule has 1 N–H and O–H groups in total. The van der Waals surface area contributed by atoms with Gasteiger partial charge in [0.2, 0.25) is 0 Å². The molecular formula is C31H56O6. The van der Waals surface area contributed by atoms with Crippen molar-refractivity contribution in [3.8, 4) is 0 Å². The van der Waals surface area contributed by atoms with Crippen molar-refractivity contribution >= 4 is 17.9 Å². The molecule has 37 heavy (non-hydrogen) atoms. The molecule has 0 aromatic heterocycles. The van der Waals surface area contributed by atoms with E-state index in [9.17, 15) is 19.5 Å². The Morgan fingerprint density at radius 1 is 0.514 bits per heavy atom. The minimum atomic E-state index is -0.951. The number of carbonyl (C=O) groups is 3. The minimum absolute atomic E-state index is 0.244. The molecule has 0 amide bonds. The lowest BCUT2D eigenvalue weighted by Crippen LogP contribution is -2.36. The first kappa shape index (κ1) is 33.4. The fourth-order valence-electron chi connectivity index (χ4n) is 5.31. The second-order valence-electron chi connectivity index (χ2n) is 11.1. The van der Waals surface area contributed by atoms with E-state index < -0.39 is 23.7 Å². The molecule has 0 aliphatic heterocycles. The van der Waals surface area contributed by atoms with Crippen molar-refractivity contribution in [2.75, 3.05) is 13.2 Å². The van der Waals surface area contributed by atoms with E-state index in [0.29, 0.717) is 19.6 Å². The van der Waals surface area contributed by atoms with Crippen LogP contribution in [0.5, 0.6) is 0 Å². The summed E-state index contributed by atoms with van der Waals surface area (Å²) in [6, 6.07) is 0. The summed E-state index contributed by atoms with van der Waals surface area (Å²) >= 11 is 0. The molecule has 0 heterocycles. The zero-order valence-corrected chi connectivity index (χ0v) is 24.0. The van der Waals surface area contributed by atoms with Crippen molar-refractivity contribution < 1.29 is 29.0 Å². The maximum atomic E-state index is 12.6. The maximum Gasteiger partial charge on any atom is 0.308 e. The summed E-state index contributed by atoms with van der Waals surface area (Å²) in [4.78, 5) is 37.0. The van der Waals surface area contributed by atoms with Crippen LogP contribution in [-0.4, -0.2) is 36.2 Å². The van der Waals surface area contributed by atoms with Crippen molar-refractivity contribution in [1.82, 2.24) is 0 Å². The highest BCUT2D eigenvalue weighted by atomic mass is 16.5. The van der Waals surface area contributed by atoms with Crippen molar-refractivity contribution in [1.29, 1.82) is 0 Å². The summed E-state index contributed by atoms with van der Waals surface area (Å²) in [5.74, 6) is -3.46. The van der Waals surface area contributed by atoms with Crippen LogP contribution in [0, 0.1) is 17.8 Å². The summed E-state index contributed by atoms with van der Waals surface area (Å²) in [6.07, 6.45) is 22.3. The molecule has 0 spiro atoms. The van der Waals surface area contributed by atoms with Gasteiger partial charge in [0, 0.05) is 0 Å². The monoisotopic (exact) mass is 524 g/mol. The van der Waals surface area contributed by atoms with Crippen LogP contribution in [0.4, 0.5) is 0 Å². The van der Waals surface area contributed by atoms with Crippen LogP contribution >= 0.6 is 0 Å². The molecule has 2 unspecified atom stereocenters. The highest BCUT2D eigenvalue weighted by molar-refractivity contribution is 5.79. The molecule has 1 aliphatic rings. The van der Waals surface area contributed by atoms with Gasteiger partial charge < -0.3 is 14.6 Å². The Morgan fingerprint density at radius 2 is 0.811 bits per heavy atom. The van der Waals surface area contributed by atoms with Crippen LogP contribution in [0.15, 0.2) is 0 Å². The minimum Gasteiger partial charge on any atom is -0.481 e. The molecule has 1 saturated carbocycles. The van der Waals surface area contributed by atoms with Gasteiger partial charge in [-0.25, -0.2) is 0 Å². The van der Waals surface area contributed by atoms with Crippen LogP contribution < -0.4 is 0 Å². The topological polar surface area (TPSA) is 89.9 Å². The molecule has 1 rings (SSSR count). The number of ether oxygens (including phenoxy) is 2. The van der Waals surface area contributed by atoms with E-state index in [1.165, 1.54) is 77.0 Å². The SMILES string of the molecule is CCCCCCCCCCCOC(=O)C1CC(C(=O)O)CC(C(=O)OCCCCCCCCCCC)C1. The van der Waals surface area contributed by atoms with Gasteiger partial charge in [0.1, 0.15) is 0 Å². The molecule has 2 atom stereocenters. The van der Waals surface area contributed by atoms with Crippen LogP contribution in [0.3, 0.4) is 0 Å². The highest BCUT2D eigenvalue weighted by Gasteiger charge is 2.40. The van der Waals surface area contributed by atoms with Gasteiger partial charge in [0.15, 0.2) is 0 Å². The van der Waals surface area contributed by atoms with Crippen molar-refractivity contribution in [2.45, 2.75) is 149 Å². The van der Waals surface area contributed by atoms with Gasteiger partial charge in [-0.3, -0.25) is 14.4 Å². The molecule has 0 radical (unpaired) electrons. The highest BCUT2D eigenvalue weighted by Crippen LogP contribution is 2.35. The Kier molecular flexibility index (Phi) is 20.2. The third-order valence-corrected chi connectivity index (χ3v) is 7.71. The number of unbranched alkanes of at least 4 members (excludes halogenated alkanes) is 16. The van der Waals surface area contributed by atoms with Gasteiger partial charge in [-0.1, -0.05) is 117 Å². The molecule has 0 bridgehead atoms. The Hall–Kier alpha value is -1.59. The number of carboxylic acids is 1. The fourth-order valence-corrected chi connectivity index (χ4v) is 5.31. The van der Waals surface area contributed by atoms with Gasteiger partial charge in [-0.2, -0.15) is 0 Å². The van der Waals surface area contributed by atoms with Crippen LogP contribution in [0.1, 0.15) is 149 Å². The Balaban J connectivity index is 2.25. The first-order valence-corrected chi connectivity index (χ1v) is 15.6. The average Bonchev–Trinajstić information content (AvgIpc) is 2.90. The number of carbonyl (C=O) groups excluding carboxylic acids is 2. The van der Waals surface area contributed by atoms with Crippen molar-refractivity contribution in [3.05, 3.63) is 0 Å². The molecule has 6 heteroatoms. The molecular weight excluding hydrogens is 468 g/mol. The van der Waals surface area contributed by atoms with Crippen molar-refractivity contribution in [2.24, 2.45) is 17.8 Å². The van der Waals surface area contributed by atoms with E-state index in [0.717, 1.165) is 38.5 Å². The molecule has 1 aliphatic carbocycles. The van der Waals surface area contributed by atoms with Crippen LogP contribution in [-0.2, 0) is 23.9 Å². The smallest absolute Gasteiger partial charge is 0.308 e. The summed E-state index contributed by atoms with van der Waals surface area (Å²) < 4.78 is 11.0. The Labute approximate surface area is 226 Å². The predicted octanol–water partition coefficient (Wildman–Crippen LogP) is 8.25. The normalized spacial score (nSPS) is 19.5. The number of carboxylic acid groups (broad SMARTS) is 1. The van der Waals surface area contributed by atoms with Gasteiger partial charge in [0.05, 0.1) is 31.0 Å². The van der Waals surface area contributed by atoms with Crippen LogP contribution in [0.2, 0.25) is 0 Å². The van der Waals surface area contributed by atoms with Crippen LogP contribution in [0.25, 0.3) is 0 Å². The third kappa shape index (κ3) is 16.8. The number of hydrogen-bond donors (Lipinski definition) is 1. The summed E-state index contributed by atoms with van der Waals surface area (Å²) in [7, 11) is 0. The van der Waals surface area contributed by atoms with Gasteiger partial charge in [-0.15, -0.1) is 0 Å². The molecule has 6 nitrogen and oxygen atoms in total. The first-order valence-electron chi connectivity index (χ1n) is 15.6. The number of esters is 2. The first-order chi connectivity index (χ1) is 18.0.